The normalized spacial score (nSPS) is 12.6. The Balaban J connectivity index is 0.000000861. The SMILES string of the molecule is CC.CC(C)CC(c1ccc2sccc2c1)C(C)C. The third kappa shape index (κ3) is 4.35. The number of thiophene rings is 1. The summed E-state index contributed by atoms with van der Waals surface area (Å²) in [5.41, 5.74) is 1.51. The van der Waals surface area contributed by atoms with Crippen molar-refractivity contribution in [3.8, 4) is 0 Å². The van der Waals surface area contributed by atoms with E-state index in [1.165, 1.54) is 22.1 Å². The maximum absolute atomic E-state index is 2.39. The molecule has 0 aliphatic rings. The zero-order valence-corrected chi connectivity index (χ0v) is 14.1. The van der Waals surface area contributed by atoms with Gasteiger partial charge in [0.2, 0.25) is 0 Å². The molecule has 0 saturated heterocycles. The Morgan fingerprint density at radius 3 is 2.26 bits per heavy atom. The largest absolute Gasteiger partial charge is 0.144 e. The maximum Gasteiger partial charge on any atom is 0.0342 e. The molecule has 0 saturated carbocycles. The van der Waals surface area contributed by atoms with Crippen molar-refractivity contribution < 1.29 is 0 Å². The van der Waals surface area contributed by atoms with Crippen molar-refractivity contribution in [3.63, 3.8) is 0 Å². The van der Waals surface area contributed by atoms with Gasteiger partial charge in [0.1, 0.15) is 0 Å². The van der Waals surface area contributed by atoms with Gasteiger partial charge in [0.25, 0.3) is 0 Å². The average Bonchev–Trinajstić information content (AvgIpc) is 2.85. The molecule has 1 heterocycles. The van der Waals surface area contributed by atoms with Crippen LogP contribution in [0, 0.1) is 11.8 Å². The van der Waals surface area contributed by atoms with Crippen LogP contribution in [0.5, 0.6) is 0 Å². The topological polar surface area (TPSA) is 0 Å². The van der Waals surface area contributed by atoms with Gasteiger partial charge in [-0.2, -0.15) is 0 Å². The first-order valence-electron chi connectivity index (χ1n) is 7.55. The average molecular weight is 276 g/mol. The summed E-state index contributed by atoms with van der Waals surface area (Å²) in [6, 6.07) is 9.23. The Kier molecular flexibility index (Phi) is 6.57. The van der Waals surface area contributed by atoms with Gasteiger partial charge in [-0.15, -0.1) is 11.3 Å². The fourth-order valence-electron chi connectivity index (χ4n) is 2.52. The van der Waals surface area contributed by atoms with Gasteiger partial charge in [-0.05, 0) is 52.6 Å². The second kappa shape index (κ2) is 7.69. The van der Waals surface area contributed by atoms with Crippen molar-refractivity contribution >= 4 is 21.4 Å². The Bertz CT molecular complexity index is 479. The molecule has 0 amide bonds. The highest BCUT2D eigenvalue weighted by Gasteiger charge is 2.17. The van der Waals surface area contributed by atoms with Crippen LogP contribution in [-0.4, -0.2) is 0 Å². The van der Waals surface area contributed by atoms with Crippen molar-refractivity contribution in [2.75, 3.05) is 0 Å². The highest BCUT2D eigenvalue weighted by atomic mass is 32.1. The van der Waals surface area contributed by atoms with Crippen molar-refractivity contribution in [2.24, 2.45) is 11.8 Å². The molecule has 0 nitrogen and oxygen atoms in total. The Labute approximate surface area is 122 Å². The molecule has 2 rings (SSSR count). The van der Waals surface area contributed by atoms with E-state index in [2.05, 4.69) is 57.3 Å². The summed E-state index contributed by atoms with van der Waals surface area (Å²) in [5.74, 6) is 2.17. The number of fused-ring (bicyclic) bond motifs is 1. The zero-order valence-electron chi connectivity index (χ0n) is 13.2. The molecule has 0 N–H and O–H groups in total. The smallest absolute Gasteiger partial charge is 0.0342 e. The molecule has 1 heteroatoms. The fraction of sp³-hybridized carbons (Fsp3) is 0.556. The highest BCUT2D eigenvalue weighted by molar-refractivity contribution is 7.17. The lowest BCUT2D eigenvalue weighted by molar-refractivity contribution is 0.408. The van der Waals surface area contributed by atoms with Gasteiger partial charge in [-0.3, -0.25) is 0 Å². The molecular formula is C18H28S. The lowest BCUT2D eigenvalue weighted by Crippen LogP contribution is -2.09. The van der Waals surface area contributed by atoms with E-state index in [9.17, 15) is 0 Å². The summed E-state index contributed by atoms with van der Waals surface area (Å²) < 4.78 is 1.40. The Hall–Kier alpha value is -0.820. The number of hydrogen-bond donors (Lipinski definition) is 0. The minimum atomic E-state index is 0.694. The minimum absolute atomic E-state index is 0.694. The minimum Gasteiger partial charge on any atom is -0.144 e. The Morgan fingerprint density at radius 1 is 1.00 bits per heavy atom. The highest BCUT2D eigenvalue weighted by Crippen LogP contribution is 2.33. The van der Waals surface area contributed by atoms with Crippen LogP contribution >= 0.6 is 11.3 Å². The summed E-state index contributed by atoms with van der Waals surface area (Å²) in [6.07, 6.45) is 1.29. The molecule has 0 aliphatic carbocycles. The molecule has 19 heavy (non-hydrogen) atoms. The molecule has 0 radical (unpaired) electrons. The predicted octanol–water partition coefficient (Wildman–Crippen LogP) is 6.71. The van der Waals surface area contributed by atoms with Crippen molar-refractivity contribution in [2.45, 2.75) is 53.9 Å². The van der Waals surface area contributed by atoms with Gasteiger partial charge < -0.3 is 0 Å². The van der Waals surface area contributed by atoms with Crippen molar-refractivity contribution in [1.82, 2.24) is 0 Å². The molecule has 0 bridgehead atoms. The molecule has 0 spiro atoms. The standard InChI is InChI=1S/C16H22S.C2H6/c1-11(2)9-15(12(3)4)13-5-6-16-14(10-13)7-8-17-16;1-2/h5-8,10-12,15H,9H2,1-4H3;1-2H3. The van der Waals surface area contributed by atoms with E-state index in [-0.39, 0.29) is 0 Å². The van der Waals surface area contributed by atoms with Crippen LogP contribution in [0.1, 0.15) is 59.4 Å². The first-order valence-corrected chi connectivity index (χ1v) is 8.43. The van der Waals surface area contributed by atoms with Crippen LogP contribution in [-0.2, 0) is 0 Å². The molecule has 2 aromatic rings. The third-order valence-corrected chi connectivity index (χ3v) is 4.33. The summed E-state index contributed by atoms with van der Waals surface area (Å²) in [6.45, 7) is 13.3. The quantitative estimate of drug-likeness (QED) is 0.582. The second-order valence-corrected chi connectivity index (χ2v) is 6.65. The lowest BCUT2D eigenvalue weighted by atomic mass is 9.82. The number of rotatable bonds is 4. The summed E-state index contributed by atoms with van der Waals surface area (Å²) in [7, 11) is 0. The van der Waals surface area contributed by atoms with E-state index in [4.69, 9.17) is 0 Å². The van der Waals surface area contributed by atoms with E-state index >= 15 is 0 Å². The molecule has 1 aromatic carbocycles. The summed E-state index contributed by atoms with van der Waals surface area (Å²) in [4.78, 5) is 0. The Morgan fingerprint density at radius 2 is 1.68 bits per heavy atom. The molecular weight excluding hydrogens is 248 g/mol. The molecule has 0 fully saturated rings. The van der Waals surface area contributed by atoms with E-state index in [1.54, 1.807) is 0 Å². The summed E-state index contributed by atoms with van der Waals surface area (Å²) in [5, 5.41) is 3.59. The van der Waals surface area contributed by atoms with Gasteiger partial charge >= 0.3 is 0 Å². The summed E-state index contributed by atoms with van der Waals surface area (Å²) >= 11 is 1.83. The third-order valence-electron chi connectivity index (χ3n) is 3.43. The predicted molar refractivity (Wildman–Crippen MR) is 90.2 cm³/mol. The van der Waals surface area contributed by atoms with E-state index < -0.39 is 0 Å². The zero-order chi connectivity index (χ0) is 14.4. The van der Waals surface area contributed by atoms with Crippen LogP contribution in [0.4, 0.5) is 0 Å². The fourth-order valence-corrected chi connectivity index (χ4v) is 3.29. The van der Waals surface area contributed by atoms with Crippen LogP contribution in [0.2, 0.25) is 0 Å². The van der Waals surface area contributed by atoms with Gasteiger partial charge in [-0.25, -0.2) is 0 Å². The second-order valence-electron chi connectivity index (χ2n) is 5.70. The van der Waals surface area contributed by atoms with Gasteiger partial charge in [0.05, 0.1) is 0 Å². The van der Waals surface area contributed by atoms with Gasteiger partial charge in [0, 0.05) is 4.70 Å². The van der Waals surface area contributed by atoms with Crippen LogP contribution in [0.15, 0.2) is 29.6 Å². The molecule has 1 aromatic heterocycles. The lowest BCUT2D eigenvalue weighted by Gasteiger charge is -2.23. The van der Waals surface area contributed by atoms with Crippen molar-refractivity contribution in [1.29, 1.82) is 0 Å². The molecule has 0 aliphatic heterocycles. The first kappa shape index (κ1) is 16.2. The number of hydrogen-bond acceptors (Lipinski definition) is 1. The van der Waals surface area contributed by atoms with E-state index in [1.807, 2.05) is 25.2 Å². The van der Waals surface area contributed by atoms with E-state index in [0.717, 1.165) is 5.92 Å². The molecule has 1 atom stereocenters. The van der Waals surface area contributed by atoms with Crippen LogP contribution in [0.3, 0.4) is 0 Å². The van der Waals surface area contributed by atoms with Gasteiger partial charge in [-0.1, -0.05) is 53.7 Å². The molecule has 1 unspecified atom stereocenters. The number of benzene rings is 1. The van der Waals surface area contributed by atoms with Crippen molar-refractivity contribution in [3.05, 3.63) is 35.2 Å². The van der Waals surface area contributed by atoms with Crippen LogP contribution < -0.4 is 0 Å². The van der Waals surface area contributed by atoms with Gasteiger partial charge in [0.15, 0.2) is 0 Å². The molecule has 106 valence electrons. The maximum atomic E-state index is 2.39. The monoisotopic (exact) mass is 276 g/mol. The first-order chi connectivity index (χ1) is 9.08. The van der Waals surface area contributed by atoms with Crippen LogP contribution in [0.25, 0.3) is 10.1 Å². The van der Waals surface area contributed by atoms with E-state index in [0.29, 0.717) is 11.8 Å².